The lowest BCUT2D eigenvalue weighted by Crippen LogP contribution is -2.01. The highest BCUT2D eigenvalue weighted by Crippen LogP contribution is 2.39. The van der Waals surface area contributed by atoms with Gasteiger partial charge < -0.3 is 4.74 Å². The maximum atomic E-state index is 11.4. The number of benzene rings is 1. The van der Waals surface area contributed by atoms with Crippen molar-refractivity contribution < 1.29 is 9.53 Å². The van der Waals surface area contributed by atoms with Crippen LogP contribution in [0.4, 0.5) is 0 Å². The van der Waals surface area contributed by atoms with Gasteiger partial charge in [0.1, 0.15) is 5.75 Å². The van der Waals surface area contributed by atoms with Crippen molar-refractivity contribution in [2.75, 3.05) is 7.11 Å². The van der Waals surface area contributed by atoms with Crippen LogP contribution < -0.4 is 4.74 Å². The Labute approximate surface area is 89.6 Å². The summed E-state index contributed by atoms with van der Waals surface area (Å²) in [7, 11) is 1.65. The molecule has 0 bridgehead atoms. The summed E-state index contributed by atoms with van der Waals surface area (Å²) in [5.74, 6) is 1.18. The van der Waals surface area contributed by atoms with E-state index in [-0.39, 0.29) is 11.7 Å². The zero-order valence-corrected chi connectivity index (χ0v) is 8.82. The predicted octanol–water partition coefficient (Wildman–Crippen LogP) is 2.70. The Morgan fingerprint density at radius 2 is 2.13 bits per heavy atom. The van der Waals surface area contributed by atoms with Crippen molar-refractivity contribution in [3.05, 3.63) is 42.0 Å². The summed E-state index contributed by atoms with van der Waals surface area (Å²) in [5, 5.41) is 0. The van der Waals surface area contributed by atoms with Crippen LogP contribution in [0, 0.1) is 0 Å². The molecule has 1 aliphatic carbocycles. The Morgan fingerprint density at radius 1 is 1.40 bits per heavy atom. The Bertz CT molecular complexity index is 407. The molecule has 78 valence electrons. The molecule has 0 spiro atoms. The zero-order valence-electron chi connectivity index (χ0n) is 8.82. The Kier molecular flexibility index (Phi) is 2.58. The van der Waals surface area contributed by atoms with Gasteiger partial charge >= 0.3 is 0 Å². The molecule has 1 fully saturated rings. The highest BCUT2D eigenvalue weighted by atomic mass is 16.5. The largest absolute Gasteiger partial charge is 0.496 e. The molecule has 1 saturated carbocycles. The number of Topliss-reactive ketones (excluding diaryl/α,β-unsaturated/α-hetero) is 1. The molecule has 1 aliphatic rings. The highest BCUT2D eigenvalue weighted by Gasteiger charge is 2.29. The number of ether oxygens (including phenoxy) is 1. The van der Waals surface area contributed by atoms with Crippen molar-refractivity contribution in [3.8, 4) is 5.75 Å². The van der Waals surface area contributed by atoms with E-state index in [1.54, 1.807) is 7.11 Å². The second-order valence-electron chi connectivity index (χ2n) is 3.78. The van der Waals surface area contributed by atoms with Crippen LogP contribution in [0.2, 0.25) is 0 Å². The number of rotatable bonds is 2. The second kappa shape index (κ2) is 3.89. The van der Waals surface area contributed by atoms with E-state index >= 15 is 0 Å². The first-order valence-electron chi connectivity index (χ1n) is 5.09. The fourth-order valence-corrected chi connectivity index (χ4v) is 2.10. The van der Waals surface area contributed by atoms with Crippen LogP contribution in [-0.4, -0.2) is 12.9 Å². The maximum Gasteiger partial charge on any atom is 0.158 e. The molecule has 1 unspecified atom stereocenters. The number of ketones is 1. The summed E-state index contributed by atoms with van der Waals surface area (Å²) in [6.07, 6.45) is 1.47. The van der Waals surface area contributed by atoms with Gasteiger partial charge in [-0.2, -0.15) is 0 Å². The SMILES string of the molecule is C=C1C(=O)CCC1c1ccccc1OC. The third kappa shape index (κ3) is 1.67. The van der Waals surface area contributed by atoms with E-state index in [4.69, 9.17) is 4.74 Å². The average Bonchev–Trinajstić information content (AvgIpc) is 2.60. The molecule has 15 heavy (non-hydrogen) atoms. The van der Waals surface area contributed by atoms with Crippen LogP contribution in [-0.2, 0) is 4.79 Å². The van der Waals surface area contributed by atoms with Crippen LogP contribution in [0.25, 0.3) is 0 Å². The molecule has 0 aromatic heterocycles. The lowest BCUT2D eigenvalue weighted by atomic mass is 9.94. The molecule has 0 saturated heterocycles. The topological polar surface area (TPSA) is 26.3 Å². The molecule has 0 heterocycles. The molecule has 1 aromatic carbocycles. The molecule has 0 radical (unpaired) electrons. The van der Waals surface area contributed by atoms with Crippen molar-refractivity contribution >= 4 is 5.78 Å². The fourth-order valence-electron chi connectivity index (χ4n) is 2.10. The molecule has 1 aromatic rings. The first-order valence-corrected chi connectivity index (χ1v) is 5.09. The van der Waals surface area contributed by atoms with Gasteiger partial charge in [0, 0.05) is 17.9 Å². The zero-order chi connectivity index (χ0) is 10.8. The molecule has 0 amide bonds. The van der Waals surface area contributed by atoms with Gasteiger partial charge in [-0.05, 0) is 18.1 Å². The van der Waals surface area contributed by atoms with Gasteiger partial charge in [-0.3, -0.25) is 4.79 Å². The van der Waals surface area contributed by atoms with Crippen molar-refractivity contribution in [2.45, 2.75) is 18.8 Å². The number of methoxy groups -OCH3 is 1. The maximum absolute atomic E-state index is 11.4. The van der Waals surface area contributed by atoms with Crippen LogP contribution in [0.3, 0.4) is 0 Å². The number of allylic oxidation sites excluding steroid dienone is 1. The van der Waals surface area contributed by atoms with Crippen molar-refractivity contribution in [2.24, 2.45) is 0 Å². The van der Waals surface area contributed by atoms with Crippen LogP contribution in [0.1, 0.15) is 24.3 Å². The molecule has 0 aliphatic heterocycles. The number of hydrogen-bond donors (Lipinski definition) is 0. The predicted molar refractivity (Wildman–Crippen MR) is 59.1 cm³/mol. The number of hydrogen-bond acceptors (Lipinski definition) is 2. The summed E-state index contributed by atoms with van der Waals surface area (Å²) in [6, 6.07) is 7.83. The first-order chi connectivity index (χ1) is 7.24. The third-order valence-electron chi connectivity index (χ3n) is 2.95. The number of carbonyl (C=O) groups is 1. The molecular weight excluding hydrogens is 188 g/mol. The number of carbonyl (C=O) groups excluding carboxylic acids is 1. The summed E-state index contributed by atoms with van der Waals surface area (Å²) >= 11 is 0. The van der Waals surface area contributed by atoms with Gasteiger partial charge in [0.15, 0.2) is 5.78 Å². The summed E-state index contributed by atoms with van der Waals surface area (Å²) in [5.41, 5.74) is 1.80. The summed E-state index contributed by atoms with van der Waals surface area (Å²) < 4.78 is 5.29. The van der Waals surface area contributed by atoms with E-state index in [1.807, 2.05) is 24.3 Å². The minimum absolute atomic E-state index is 0.147. The van der Waals surface area contributed by atoms with Gasteiger partial charge in [0.25, 0.3) is 0 Å². The quantitative estimate of drug-likeness (QED) is 0.689. The summed E-state index contributed by atoms with van der Waals surface area (Å²) in [6.45, 7) is 3.86. The Balaban J connectivity index is 2.37. The molecule has 2 rings (SSSR count). The third-order valence-corrected chi connectivity index (χ3v) is 2.95. The molecule has 2 heteroatoms. The van der Waals surface area contributed by atoms with Crippen molar-refractivity contribution in [1.29, 1.82) is 0 Å². The fraction of sp³-hybridized carbons (Fsp3) is 0.308. The van der Waals surface area contributed by atoms with E-state index in [1.165, 1.54) is 0 Å². The van der Waals surface area contributed by atoms with Crippen molar-refractivity contribution in [3.63, 3.8) is 0 Å². The average molecular weight is 202 g/mol. The van der Waals surface area contributed by atoms with Gasteiger partial charge in [0.2, 0.25) is 0 Å². The highest BCUT2D eigenvalue weighted by molar-refractivity contribution is 5.98. The van der Waals surface area contributed by atoms with E-state index in [9.17, 15) is 4.79 Å². The standard InChI is InChI=1S/C13H14O2/c1-9-10(7-8-12(9)14)11-5-3-4-6-13(11)15-2/h3-6,10H,1,7-8H2,2H3. The van der Waals surface area contributed by atoms with Gasteiger partial charge in [-0.15, -0.1) is 0 Å². The lowest BCUT2D eigenvalue weighted by Gasteiger charge is -2.14. The van der Waals surface area contributed by atoms with Crippen molar-refractivity contribution in [1.82, 2.24) is 0 Å². The summed E-state index contributed by atoms with van der Waals surface area (Å²) in [4.78, 5) is 11.4. The molecule has 0 N–H and O–H groups in total. The van der Waals surface area contributed by atoms with Crippen LogP contribution in [0.5, 0.6) is 5.75 Å². The molecular formula is C13H14O2. The normalized spacial score (nSPS) is 20.7. The van der Waals surface area contributed by atoms with Crippen LogP contribution in [0.15, 0.2) is 36.4 Å². The lowest BCUT2D eigenvalue weighted by molar-refractivity contribution is -0.114. The minimum Gasteiger partial charge on any atom is -0.496 e. The van der Waals surface area contributed by atoms with E-state index in [0.717, 1.165) is 23.3 Å². The van der Waals surface area contributed by atoms with Crippen LogP contribution >= 0.6 is 0 Å². The molecule has 1 atom stereocenters. The minimum atomic E-state index is 0.147. The van der Waals surface area contributed by atoms with E-state index < -0.39 is 0 Å². The van der Waals surface area contributed by atoms with Gasteiger partial charge in [-0.1, -0.05) is 24.8 Å². The monoisotopic (exact) mass is 202 g/mol. The van der Waals surface area contributed by atoms with Gasteiger partial charge in [0.05, 0.1) is 7.11 Å². The molecule has 2 nitrogen and oxygen atoms in total. The second-order valence-corrected chi connectivity index (χ2v) is 3.78. The number of para-hydroxylation sites is 1. The Morgan fingerprint density at radius 3 is 2.73 bits per heavy atom. The Hall–Kier alpha value is -1.57. The van der Waals surface area contributed by atoms with E-state index in [0.29, 0.717) is 6.42 Å². The first kappa shape index (κ1) is 9.97. The van der Waals surface area contributed by atoms with E-state index in [2.05, 4.69) is 6.58 Å². The smallest absolute Gasteiger partial charge is 0.158 e. The van der Waals surface area contributed by atoms with Gasteiger partial charge in [-0.25, -0.2) is 0 Å².